The van der Waals surface area contributed by atoms with Gasteiger partial charge in [0.15, 0.2) is 0 Å². The van der Waals surface area contributed by atoms with E-state index in [1.807, 2.05) is 6.92 Å². The van der Waals surface area contributed by atoms with Gasteiger partial charge < -0.3 is 9.84 Å². The molecular weight excluding hydrogens is 270 g/mol. The first kappa shape index (κ1) is 15.8. The standard InChI is InChI=1S/C10H15F4N3O2/c1-2-17-8(15-6-16-17)3-7(18)4-19-5-10(13,14)9(11)12/h6-7,9,18H,2-5H2,1H3. The van der Waals surface area contributed by atoms with Crippen LogP contribution < -0.4 is 0 Å². The molecular formula is C10H15F4N3O2. The van der Waals surface area contributed by atoms with Gasteiger partial charge in [0.1, 0.15) is 18.8 Å². The fourth-order valence-corrected chi connectivity index (χ4v) is 1.37. The molecule has 0 spiro atoms. The molecule has 0 saturated carbocycles. The zero-order chi connectivity index (χ0) is 14.5. The van der Waals surface area contributed by atoms with Gasteiger partial charge in [-0.15, -0.1) is 0 Å². The van der Waals surface area contributed by atoms with Crippen molar-refractivity contribution in [2.75, 3.05) is 13.2 Å². The Morgan fingerprint density at radius 3 is 2.74 bits per heavy atom. The van der Waals surface area contributed by atoms with E-state index < -0.39 is 31.7 Å². The van der Waals surface area contributed by atoms with Crippen LogP contribution in [0.4, 0.5) is 17.6 Å². The molecule has 0 aliphatic heterocycles. The van der Waals surface area contributed by atoms with Gasteiger partial charge in [0.05, 0.1) is 12.7 Å². The maximum atomic E-state index is 12.5. The highest BCUT2D eigenvalue weighted by molar-refractivity contribution is 4.87. The summed E-state index contributed by atoms with van der Waals surface area (Å²) in [4.78, 5) is 3.88. The number of aromatic nitrogens is 3. The summed E-state index contributed by atoms with van der Waals surface area (Å²) in [6.45, 7) is 0.470. The van der Waals surface area contributed by atoms with E-state index in [9.17, 15) is 22.7 Å². The lowest BCUT2D eigenvalue weighted by Gasteiger charge is -2.17. The number of aryl methyl sites for hydroxylation is 1. The average molecular weight is 285 g/mol. The van der Waals surface area contributed by atoms with Gasteiger partial charge in [-0.2, -0.15) is 13.9 Å². The van der Waals surface area contributed by atoms with Gasteiger partial charge in [-0.25, -0.2) is 13.8 Å². The van der Waals surface area contributed by atoms with Crippen LogP contribution in [0.3, 0.4) is 0 Å². The molecule has 1 N–H and O–H groups in total. The summed E-state index contributed by atoms with van der Waals surface area (Å²) in [5, 5.41) is 13.4. The van der Waals surface area contributed by atoms with Crippen molar-refractivity contribution in [3.63, 3.8) is 0 Å². The molecule has 1 atom stereocenters. The number of aliphatic hydroxyl groups is 1. The molecule has 0 bridgehead atoms. The van der Waals surface area contributed by atoms with Crippen LogP contribution in [0.25, 0.3) is 0 Å². The van der Waals surface area contributed by atoms with Crippen molar-refractivity contribution in [3.8, 4) is 0 Å². The Labute approximate surface area is 107 Å². The highest BCUT2D eigenvalue weighted by atomic mass is 19.3. The summed E-state index contributed by atoms with van der Waals surface area (Å²) in [6.07, 6.45) is -3.54. The number of halogens is 4. The molecule has 0 saturated heterocycles. The van der Waals surface area contributed by atoms with Crippen LogP contribution >= 0.6 is 0 Å². The SMILES string of the molecule is CCn1ncnc1CC(O)COCC(F)(F)C(F)F. The summed E-state index contributed by atoms with van der Waals surface area (Å²) in [5.74, 6) is -3.73. The third-order valence-corrected chi connectivity index (χ3v) is 2.34. The number of ether oxygens (including phenoxy) is 1. The van der Waals surface area contributed by atoms with E-state index in [1.54, 1.807) is 0 Å². The maximum Gasteiger partial charge on any atom is 0.330 e. The van der Waals surface area contributed by atoms with E-state index in [0.29, 0.717) is 12.4 Å². The predicted molar refractivity (Wildman–Crippen MR) is 57.2 cm³/mol. The van der Waals surface area contributed by atoms with Crippen molar-refractivity contribution in [1.82, 2.24) is 14.8 Å². The number of aliphatic hydroxyl groups excluding tert-OH is 1. The Balaban J connectivity index is 2.34. The quantitative estimate of drug-likeness (QED) is 0.727. The lowest BCUT2D eigenvalue weighted by Crippen LogP contribution is -2.34. The monoisotopic (exact) mass is 285 g/mol. The van der Waals surface area contributed by atoms with Gasteiger partial charge in [-0.3, -0.25) is 4.68 Å². The van der Waals surface area contributed by atoms with Crippen molar-refractivity contribution >= 4 is 0 Å². The molecule has 0 fully saturated rings. The molecule has 0 aliphatic rings. The minimum absolute atomic E-state index is 0.0497. The van der Waals surface area contributed by atoms with Gasteiger partial charge in [0.25, 0.3) is 0 Å². The van der Waals surface area contributed by atoms with E-state index in [1.165, 1.54) is 11.0 Å². The van der Waals surface area contributed by atoms with Gasteiger partial charge in [-0.1, -0.05) is 0 Å². The molecule has 0 radical (unpaired) electrons. The number of hydrogen-bond donors (Lipinski definition) is 1. The Hall–Kier alpha value is -1.22. The van der Waals surface area contributed by atoms with Crippen LogP contribution in [-0.4, -0.2) is 51.5 Å². The fourth-order valence-electron chi connectivity index (χ4n) is 1.37. The van der Waals surface area contributed by atoms with Crippen LogP contribution in [0, 0.1) is 0 Å². The molecule has 1 aromatic heterocycles. The summed E-state index contributed by atoms with van der Waals surface area (Å²) >= 11 is 0. The zero-order valence-electron chi connectivity index (χ0n) is 10.3. The Morgan fingerprint density at radius 2 is 2.16 bits per heavy atom. The van der Waals surface area contributed by atoms with E-state index in [2.05, 4.69) is 14.8 Å². The topological polar surface area (TPSA) is 60.2 Å². The second-order valence-corrected chi connectivity index (χ2v) is 3.93. The van der Waals surface area contributed by atoms with Crippen LogP contribution in [0.5, 0.6) is 0 Å². The van der Waals surface area contributed by atoms with E-state index in [4.69, 9.17) is 0 Å². The predicted octanol–water partition coefficient (Wildman–Crippen LogP) is 1.12. The van der Waals surface area contributed by atoms with Crippen LogP contribution in [0.15, 0.2) is 6.33 Å². The average Bonchev–Trinajstić information content (AvgIpc) is 2.75. The largest absolute Gasteiger partial charge is 0.390 e. The first-order valence-electron chi connectivity index (χ1n) is 5.65. The first-order chi connectivity index (χ1) is 8.86. The second-order valence-electron chi connectivity index (χ2n) is 3.93. The highest BCUT2D eigenvalue weighted by Crippen LogP contribution is 2.22. The molecule has 0 amide bonds. The molecule has 9 heteroatoms. The van der Waals surface area contributed by atoms with Crippen molar-refractivity contribution in [1.29, 1.82) is 0 Å². The summed E-state index contributed by atoms with van der Waals surface area (Å²) in [5.41, 5.74) is 0. The summed E-state index contributed by atoms with van der Waals surface area (Å²) in [6, 6.07) is 0. The van der Waals surface area contributed by atoms with Crippen LogP contribution in [-0.2, 0) is 17.7 Å². The lowest BCUT2D eigenvalue weighted by molar-refractivity contribution is -0.170. The molecule has 1 unspecified atom stereocenters. The fraction of sp³-hybridized carbons (Fsp3) is 0.800. The minimum Gasteiger partial charge on any atom is -0.390 e. The van der Waals surface area contributed by atoms with Gasteiger partial charge in [0, 0.05) is 13.0 Å². The molecule has 1 aromatic rings. The van der Waals surface area contributed by atoms with Crippen LogP contribution in [0.2, 0.25) is 0 Å². The van der Waals surface area contributed by atoms with E-state index in [0.717, 1.165) is 0 Å². The number of rotatable bonds is 8. The Bertz CT molecular complexity index is 387. The summed E-state index contributed by atoms with van der Waals surface area (Å²) < 4.78 is 54.6. The van der Waals surface area contributed by atoms with E-state index in [-0.39, 0.29) is 6.42 Å². The molecule has 1 rings (SSSR count). The number of hydrogen-bond acceptors (Lipinski definition) is 4. The number of alkyl halides is 4. The smallest absolute Gasteiger partial charge is 0.330 e. The molecule has 5 nitrogen and oxygen atoms in total. The van der Waals surface area contributed by atoms with Gasteiger partial charge in [0.2, 0.25) is 0 Å². The molecule has 0 aromatic carbocycles. The molecule has 1 heterocycles. The van der Waals surface area contributed by atoms with Crippen molar-refractivity contribution in [2.45, 2.75) is 38.3 Å². The van der Waals surface area contributed by atoms with Crippen LogP contribution in [0.1, 0.15) is 12.7 Å². The van der Waals surface area contributed by atoms with Crippen molar-refractivity contribution < 1.29 is 27.4 Å². The molecule has 110 valence electrons. The van der Waals surface area contributed by atoms with Gasteiger partial charge >= 0.3 is 12.3 Å². The lowest BCUT2D eigenvalue weighted by atomic mass is 10.2. The number of nitrogens with zero attached hydrogens (tertiary/aromatic N) is 3. The third kappa shape index (κ3) is 4.75. The van der Waals surface area contributed by atoms with Gasteiger partial charge in [-0.05, 0) is 6.92 Å². The Kier molecular flexibility index (Phi) is 5.67. The first-order valence-corrected chi connectivity index (χ1v) is 5.65. The third-order valence-electron chi connectivity index (χ3n) is 2.34. The van der Waals surface area contributed by atoms with Crippen molar-refractivity contribution in [2.24, 2.45) is 0 Å². The minimum atomic E-state index is -4.21. The zero-order valence-corrected chi connectivity index (χ0v) is 10.3. The van der Waals surface area contributed by atoms with Crippen molar-refractivity contribution in [3.05, 3.63) is 12.2 Å². The Morgan fingerprint density at radius 1 is 1.47 bits per heavy atom. The normalized spacial score (nSPS) is 14.1. The highest BCUT2D eigenvalue weighted by Gasteiger charge is 2.41. The van der Waals surface area contributed by atoms with E-state index >= 15 is 0 Å². The summed E-state index contributed by atoms with van der Waals surface area (Å²) in [7, 11) is 0. The molecule has 19 heavy (non-hydrogen) atoms. The maximum absolute atomic E-state index is 12.5. The second kappa shape index (κ2) is 6.80. The molecule has 0 aliphatic carbocycles.